The molecule has 1 aliphatic heterocycles. The van der Waals surface area contributed by atoms with Gasteiger partial charge in [-0.25, -0.2) is 0 Å². The monoisotopic (exact) mass is 482 g/mol. The second kappa shape index (κ2) is 11.2. The number of hydrogen-bond acceptors (Lipinski definition) is 4. The van der Waals surface area contributed by atoms with E-state index in [1.807, 2.05) is 97.1 Å². The molecule has 5 rings (SSSR count). The van der Waals surface area contributed by atoms with Crippen molar-refractivity contribution in [3.63, 3.8) is 0 Å². The summed E-state index contributed by atoms with van der Waals surface area (Å²) in [6.07, 6.45) is 2.41. The molecular formula is C32H26N4O. The van der Waals surface area contributed by atoms with Gasteiger partial charge in [-0.05, 0) is 40.5 Å². The third-order valence-corrected chi connectivity index (χ3v) is 6.33. The van der Waals surface area contributed by atoms with Crippen molar-refractivity contribution in [2.75, 3.05) is 5.01 Å². The number of carbonyl (C=O) groups excluding carboxylic acids is 1. The van der Waals surface area contributed by atoms with Crippen molar-refractivity contribution in [1.29, 1.82) is 5.26 Å². The van der Waals surface area contributed by atoms with E-state index in [1.54, 1.807) is 6.08 Å². The van der Waals surface area contributed by atoms with E-state index in [0.29, 0.717) is 6.54 Å². The van der Waals surface area contributed by atoms with E-state index in [2.05, 4.69) is 34.6 Å². The molecule has 37 heavy (non-hydrogen) atoms. The number of hydrogen-bond donors (Lipinski definition) is 1. The van der Waals surface area contributed by atoms with Crippen LogP contribution in [0.4, 0.5) is 5.69 Å². The van der Waals surface area contributed by atoms with Crippen LogP contribution >= 0.6 is 0 Å². The Morgan fingerprint density at radius 1 is 0.892 bits per heavy atom. The van der Waals surface area contributed by atoms with Crippen LogP contribution in [0.5, 0.6) is 0 Å². The van der Waals surface area contributed by atoms with Crippen LogP contribution in [0.2, 0.25) is 0 Å². The lowest BCUT2D eigenvalue weighted by molar-refractivity contribution is -0.117. The van der Waals surface area contributed by atoms with Gasteiger partial charge in [-0.15, -0.1) is 0 Å². The first-order chi connectivity index (χ1) is 18.2. The summed E-state index contributed by atoms with van der Waals surface area (Å²) < 4.78 is 0. The van der Waals surface area contributed by atoms with Crippen LogP contribution in [-0.2, 0) is 11.3 Å². The number of carbonyl (C=O) groups is 1. The quantitative estimate of drug-likeness (QED) is 0.249. The van der Waals surface area contributed by atoms with E-state index >= 15 is 0 Å². The molecule has 1 amide bonds. The van der Waals surface area contributed by atoms with Gasteiger partial charge in [-0.1, -0.05) is 103 Å². The summed E-state index contributed by atoms with van der Waals surface area (Å²) in [5, 5.41) is 19.4. The summed E-state index contributed by atoms with van der Waals surface area (Å²) in [6.45, 7) is 0.370. The molecule has 1 N–H and O–H groups in total. The third-order valence-electron chi connectivity index (χ3n) is 6.33. The molecule has 0 aromatic heterocycles. The largest absolute Gasteiger partial charge is 0.347 e. The normalized spacial score (nSPS) is 15.1. The molecule has 0 saturated heterocycles. The van der Waals surface area contributed by atoms with Crippen molar-refractivity contribution >= 4 is 23.4 Å². The average molecular weight is 483 g/mol. The molecule has 0 bridgehead atoms. The third kappa shape index (κ3) is 5.66. The maximum absolute atomic E-state index is 12.6. The van der Waals surface area contributed by atoms with Crippen molar-refractivity contribution in [1.82, 2.24) is 5.32 Å². The predicted molar refractivity (Wildman–Crippen MR) is 148 cm³/mol. The number of rotatable bonds is 7. The average Bonchev–Trinajstić information content (AvgIpc) is 3.42. The van der Waals surface area contributed by atoms with Gasteiger partial charge in [0.05, 0.1) is 17.4 Å². The van der Waals surface area contributed by atoms with Gasteiger partial charge < -0.3 is 5.32 Å². The molecule has 180 valence electrons. The first kappa shape index (κ1) is 23.8. The molecule has 0 spiro atoms. The fourth-order valence-electron chi connectivity index (χ4n) is 4.40. The van der Waals surface area contributed by atoms with Crippen LogP contribution in [0.3, 0.4) is 0 Å². The zero-order chi connectivity index (χ0) is 25.5. The number of nitrogens with one attached hydrogen (secondary N) is 1. The summed E-state index contributed by atoms with van der Waals surface area (Å²) in [5.74, 6) is -0.392. The maximum Gasteiger partial charge on any atom is 0.262 e. The van der Waals surface area contributed by atoms with Crippen LogP contribution < -0.4 is 10.3 Å². The lowest BCUT2D eigenvalue weighted by Gasteiger charge is -2.24. The second-order valence-electron chi connectivity index (χ2n) is 8.82. The van der Waals surface area contributed by atoms with Gasteiger partial charge in [0.1, 0.15) is 11.6 Å². The smallest absolute Gasteiger partial charge is 0.262 e. The first-order valence-corrected chi connectivity index (χ1v) is 12.2. The van der Waals surface area contributed by atoms with Crippen LogP contribution in [0.1, 0.15) is 34.7 Å². The molecule has 0 fully saturated rings. The van der Waals surface area contributed by atoms with Gasteiger partial charge in [-0.2, -0.15) is 10.4 Å². The predicted octanol–water partition coefficient (Wildman–Crippen LogP) is 6.27. The number of benzene rings is 4. The van der Waals surface area contributed by atoms with E-state index < -0.39 is 5.91 Å². The Morgan fingerprint density at radius 2 is 1.51 bits per heavy atom. The standard InChI is InChI=1S/C32H26N4O/c33-22-28(32(37)34-23-25-10-4-1-5-11-25)20-24-16-18-29(19-17-24)36-31(27-14-8-3-9-15-27)21-30(35-36)26-12-6-2-7-13-26/h1-20,31H,21,23H2,(H,34,37). The number of anilines is 1. The van der Waals surface area contributed by atoms with Gasteiger partial charge in [0.2, 0.25) is 0 Å². The molecule has 4 aromatic carbocycles. The molecule has 5 heteroatoms. The summed E-state index contributed by atoms with van der Waals surface area (Å²) in [7, 11) is 0. The fraction of sp³-hybridized carbons (Fsp3) is 0.0938. The highest BCUT2D eigenvalue weighted by Crippen LogP contribution is 2.36. The molecule has 4 aromatic rings. The molecule has 5 nitrogen and oxygen atoms in total. The molecule has 1 aliphatic rings. The van der Waals surface area contributed by atoms with Crippen molar-refractivity contribution in [3.05, 3.63) is 143 Å². The Hall–Kier alpha value is -4.95. The molecule has 0 saturated carbocycles. The molecule has 1 heterocycles. The van der Waals surface area contributed by atoms with Crippen LogP contribution in [-0.4, -0.2) is 11.6 Å². The highest BCUT2D eigenvalue weighted by molar-refractivity contribution is 6.03. The molecular weight excluding hydrogens is 456 g/mol. The minimum absolute atomic E-state index is 0.0661. The van der Waals surface area contributed by atoms with Crippen molar-refractivity contribution in [3.8, 4) is 6.07 Å². The topological polar surface area (TPSA) is 68.5 Å². The highest BCUT2D eigenvalue weighted by Gasteiger charge is 2.29. The van der Waals surface area contributed by atoms with Crippen LogP contribution in [0.15, 0.2) is 126 Å². The number of hydrazone groups is 1. The molecule has 1 atom stereocenters. The fourth-order valence-corrected chi connectivity index (χ4v) is 4.40. The lowest BCUT2D eigenvalue weighted by Crippen LogP contribution is -2.23. The minimum Gasteiger partial charge on any atom is -0.347 e. The van der Waals surface area contributed by atoms with E-state index in [0.717, 1.165) is 34.5 Å². The van der Waals surface area contributed by atoms with Crippen LogP contribution in [0.25, 0.3) is 6.08 Å². The lowest BCUT2D eigenvalue weighted by atomic mass is 9.98. The van der Waals surface area contributed by atoms with Gasteiger partial charge in [0, 0.05) is 13.0 Å². The first-order valence-electron chi connectivity index (χ1n) is 12.2. The Morgan fingerprint density at radius 3 is 2.16 bits per heavy atom. The Kier molecular flexibility index (Phi) is 7.19. The zero-order valence-electron chi connectivity index (χ0n) is 20.3. The van der Waals surface area contributed by atoms with Crippen molar-refractivity contribution < 1.29 is 4.79 Å². The number of nitriles is 1. The highest BCUT2D eigenvalue weighted by atomic mass is 16.1. The van der Waals surface area contributed by atoms with Crippen LogP contribution in [0, 0.1) is 11.3 Å². The second-order valence-corrected chi connectivity index (χ2v) is 8.82. The summed E-state index contributed by atoms with van der Waals surface area (Å²) >= 11 is 0. The summed E-state index contributed by atoms with van der Waals surface area (Å²) in [5.41, 5.74) is 6.12. The van der Waals surface area contributed by atoms with Crippen molar-refractivity contribution in [2.45, 2.75) is 19.0 Å². The van der Waals surface area contributed by atoms with E-state index in [-0.39, 0.29) is 11.6 Å². The SMILES string of the molecule is N#CC(=Cc1ccc(N2N=C(c3ccccc3)CC2c2ccccc2)cc1)C(=O)NCc1ccccc1. The Balaban J connectivity index is 1.36. The molecule has 1 unspecified atom stereocenters. The van der Waals surface area contributed by atoms with Crippen molar-refractivity contribution in [2.24, 2.45) is 5.10 Å². The summed E-state index contributed by atoms with van der Waals surface area (Å²) in [6, 6.07) is 40.1. The van der Waals surface area contributed by atoms with Gasteiger partial charge in [-0.3, -0.25) is 9.80 Å². The number of amides is 1. The maximum atomic E-state index is 12.6. The molecule has 0 aliphatic carbocycles. The van der Waals surface area contributed by atoms with E-state index in [1.165, 1.54) is 5.56 Å². The van der Waals surface area contributed by atoms with Gasteiger partial charge >= 0.3 is 0 Å². The molecule has 0 radical (unpaired) electrons. The van der Waals surface area contributed by atoms with E-state index in [9.17, 15) is 10.1 Å². The minimum atomic E-state index is -0.392. The van der Waals surface area contributed by atoms with Gasteiger partial charge in [0.25, 0.3) is 5.91 Å². The Bertz CT molecular complexity index is 1450. The Labute approximate surface area is 217 Å². The number of nitrogens with zero attached hydrogens (tertiary/aromatic N) is 3. The zero-order valence-corrected chi connectivity index (χ0v) is 20.3. The summed E-state index contributed by atoms with van der Waals surface area (Å²) in [4.78, 5) is 12.6. The van der Waals surface area contributed by atoms with Gasteiger partial charge in [0.15, 0.2) is 0 Å². The van der Waals surface area contributed by atoms with E-state index in [4.69, 9.17) is 5.10 Å².